The van der Waals surface area contributed by atoms with Crippen molar-refractivity contribution in [3.63, 3.8) is 0 Å². The van der Waals surface area contributed by atoms with Crippen LogP contribution in [0.5, 0.6) is 0 Å². The van der Waals surface area contributed by atoms with Crippen LogP contribution in [0.15, 0.2) is 22.8 Å². The minimum absolute atomic E-state index is 0.000965. The van der Waals surface area contributed by atoms with Crippen molar-refractivity contribution in [2.45, 2.75) is 0 Å². The second-order valence-electron chi connectivity index (χ2n) is 2.67. The van der Waals surface area contributed by atoms with Crippen LogP contribution in [-0.2, 0) is 0 Å². The Balaban J connectivity index is 3.03. The van der Waals surface area contributed by atoms with E-state index in [9.17, 15) is 8.78 Å². The normalized spacial score (nSPS) is 10.9. The van der Waals surface area contributed by atoms with Crippen LogP contribution in [0.1, 0.15) is 0 Å². The van der Waals surface area contributed by atoms with Gasteiger partial charge in [-0.05, 0) is 28.1 Å². The lowest BCUT2D eigenvalue weighted by Crippen LogP contribution is -1.90. The van der Waals surface area contributed by atoms with Crippen molar-refractivity contribution in [2.24, 2.45) is 0 Å². The highest BCUT2D eigenvalue weighted by molar-refractivity contribution is 9.10. The second kappa shape index (κ2) is 3.44. The largest absolute Gasteiger partial charge is 0.253 e. The Hall–Kier alpha value is -0.740. The minimum atomic E-state index is -0.601. The van der Waals surface area contributed by atoms with Gasteiger partial charge in [0.1, 0.15) is 11.3 Å². The molecule has 1 nitrogen and oxygen atoms in total. The molecule has 0 atom stereocenters. The van der Waals surface area contributed by atoms with Gasteiger partial charge in [-0.25, -0.2) is 8.78 Å². The standard InChI is InChI=1S/C9H3BrClF2N/c10-4-3-6(12)9-7(8(4)13)5(11)1-2-14-9/h1-3H. The molecule has 0 saturated carbocycles. The SMILES string of the molecule is Fc1cc(Br)c(F)c2c(Cl)ccnc12. The van der Waals surface area contributed by atoms with Crippen LogP contribution in [-0.4, -0.2) is 4.98 Å². The third-order valence-corrected chi connectivity index (χ3v) is 2.70. The smallest absolute Gasteiger partial charge is 0.150 e. The Bertz CT molecular complexity index is 516. The van der Waals surface area contributed by atoms with Crippen molar-refractivity contribution in [3.05, 3.63) is 39.5 Å². The van der Waals surface area contributed by atoms with Gasteiger partial charge >= 0.3 is 0 Å². The van der Waals surface area contributed by atoms with Crippen LogP contribution < -0.4 is 0 Å². The van der Waals surface area contributed by atoms with Crippen LogP contribution in [0.2, 0.25) is 5.02 Å². The van der Waals surface area contributed by atoms with E-state index < -0.39 is 11.6 Å². The van der Waals surface area contributed by atoms with E-state index in [0.717, 1.165) is 6.07 Å². The van der Waals surface area contributed by atoms with Gasteiger partial charge in [0, 0.05) is 6.20 Å². The maximum atomic E-state index is 13.5. The number of benzene rings is 1. The third-order valence-electron chi connectivity index (χ3n) is 1.81. The molecule has 0 radical (unpaired) electrons. The van der Waals surface area contributed by atoms with Crippen LogP contribution in [0.4, 0.5) is 8.78 Å². The number of halogens is 4. The molecule has 1 heterocycles. The van der Waals surface area contributed by atoms with E-state index >= 15 is 0 Å². The van der Waals surface area contributed by atoms with Gasteiger partial charge in [0.05, 0.1) is 14.9 Å². The quantitative estimate of drug-likeness (QED) is 0.665. The second-order valence-corrected chi connectivity index (χ2v) is 3.93. The number of rotatable bonds is 0. The van der Waals surface area contributed by atoms with Gasteiger partial charge in [0.15, 0.2) is 5.82 Å². The fourth-order valence-electron chi connectivity index (χ4n) is 1.19. The average Bonchev–Trinajstić information content (AvgIpc) is 2.14. The first kappa shape index (κ1) is 9.80. The Morgan fingerprint density at radius 1 is 1.36 bits per heavy atom. The number of fused-ring (bicyclic) bond motifs is 1. The molecule has 72 valence electrons. The molecule has 2 aromatic rings. The van der Waals surface area contributed by atoms with E-state index in [0.29, 0.717) is 0 Å². The molecule has 14 heavy (non-hydrogen) atoms. The zero-order chi connectivity index (χ0) is 10.3. The Morgan fingerprint density at radius 2 is 2.07 bits per heavy atom. The molecule has 0 aliphatic heterocycles. The van der Waals surface area contributed by atoms with Gasteiger partial charge in [-0.3, -0.25) is 4.98 Å². The summed E-state index contributed by atoms with van der Waals surface area (Å²) < 4.78 is 26.8. The summed E-state index contributed by atoms with van der Waals surface area (Å²) >= 11 is 8.64. The van der Waals surface area contributed by atoms with Crippen LogP contribution in [0, 0.1) is 11.6 Å². The molecule has 0 fully saturated rings. The van der Waals surface area contributed by atoms with E-state index in [1.54, 1.807) is 0 Å². The van der Waals surface area contributed by atoms with E-state index in [1.165, 1.54) is 12.3 Å². The number of hydrogen-bond acceptors (Lipinski definition) is 1. The summed E-state index contributed by atoms with van der Waals surface area (Å²) in [6.45, 7) is 0. The molecule has 2 rings (SSSR count). The fourth-order valence-corrected chi connectivity index (χ4v) is 1.82. The summed E-state index contributed by atoms with van der Waals surface area (Å²) in [5.41, 5.74) is -0.0572. The molecular weight excluding hydrogens is 275 g/mol. The van der Waals surface area contributed by atoms with Crippen LogP contribution >= 0.6 is 27.5 Å². The van der Waals surface area contributed by atoms with Gasteiger partial charge in [-0.2, -0.15) is 0 Å². The Kier molecular flexibility index (Phi) is 2.41. The molecule has 0 aliphatic rings. The lowest BCUT2D eigenvalue weighted by molar-refractivity contribution is 0.610. The fraction of sp³-hybridized carbons (Fsp3) is 0. The van der Waals surface area contributed by atoms with Crippen LogP contribution in [0.3, 0.4) is 0 Å². The number of pyridine rings is 1. The molecule has 0 N–H and O–H groups in total. The van der Waals surface area contributed by atoms with Crippen molar-refractivity contribution < 1.29 is 8.78 Å². The van der Waals surface area contributed by atoms with E-state index in [4.69, 9.17) is 11.6 Å². The number of nitrogens with zero attached hydrogens (tertiary/aromatic N) is 1. The Labute approximate surface area is 91.8 Å². The predicted molar refractivity (Wildman–Crippen MR) is 54.4 cm³/mol. The van der Waals surface area contributed by atoms with Gasteiger partial charge in [-0.15, -0.1) is 0 Å². The van der Waals surface area contributed by atoms with Crippen molar-refractivity contribution in [2.75, 3.05) is 0 Å². The topological polar surface area (TPSA) is 12.9 Å². The molecule has 0 unspecified atom stereocenters. The predicted octanol–water partition coefficient (Wildman–Crippen LogP) is 3.93. The monoisotopic (exact) mass is 277 g/mol. The van der Waals surface area contributed by atoms with E-state index in [-0.39, 0.29) is 20.4 Å². The summed E-state index contributed by atoms with van der Waals surface area (Å²) in [7, 11) is 0. The van der Waals surface area contributed by atoms with Crippen molar-refractivity contribution in [1.82, 2.24) is 4.98 Å². The highest BCUT2D eigenvalue weighted by Crippen LogP contribution is 2.30. The molecule has 0 spiro atoms. The van der Waals surface area contributed by atoms with Gasteiger partial charge in [0.25, 0.3) is 0 Å². The van der Waals surface area contributed by atoms with E-state index in [2.05, 4.69) is 20.9 Å². The zero-order valence-corrected chi connectivity index (χ0v) is 9.03. The average molecular weight is 278 g/mol. The molecule has 0 bridgehead atoms. The molecule has 1 aromatic carbocycles. The van der Waals surface area contributed by atoms with Crippen molar-refractivity contribution in [1.29, 1.82) is 0 Å². The first-order valence-electron chi connectivity index (χ1n) is 3.69. The van der Waals surface area contributed by atoms with E-state index in [1.807, 2.05) is 0 Å². The summed E-state index contributed by atoms with van der Waals surface area (Å²) in [6.07, 6.45) is 1.33. The van der Waals surface area contributed by atoms with Crippen molar-refractivity contribution in [3.8, 4) is 0 Å². The summed E-state index contributed by atoms with van der Waals surface area (Å²) in [5, 5.41) is 0.147. The summed E-state index contributed by atoms with van der Waals surface area (Å²) in [5.74, 6) is -1.20. The molecule has 1 aromatic heterocycles. The Morgan fingerprint density at radius 3 is 2.79 bits per heavy atom. The van der Waals surface area contributed by atoms with Gasteiger partial charge in [-0.1, -0.05) is 11.6 Å². The van der Waals surface area contributed by atoms with Gasteiger partial charge < -0.3 is 0 Å². The van der Waals surface area contributed by atoms with Crippen LogP contribution in [0.25, 0.3) is 10.9 Å². The molecule has 5 heteroatoms. The first-order chi connectivity index (χ1) is 6.61. The van der Waals surface area contributed by atoms with Crippen molar-refractivity contribution >= 4 is 38.4 Å². The highest BCUT2D eigenvalue weighted by atomic mass is 79.9. The van der Waals surface area contributed by atoms with Gasteiger partial charge in [0.2, 0.25) is 0 Å². The summed E-state index contributed by atoms with van der Waals surface area (Å²) in [4.78, 5) is 3.72. The highest BCUT2D eigenvalue weighted by Gasteiger charge is 2.13. The minimum Gasteiger partial charge on any atom is -0.253 e. The molecule has 0 aliphatic carbocycles. The lowest BCUT2D eigenvalue weighted by Gasteiger charge is -2.03. The number of aromatic nitrogens is 1. The molecular formula is C9H3BrClF2N. The first-order valence-corrected chi connectivity index (χ1v) is 4.86. The maximum Gasteiger partial charge on any atom is 0.150 e. The lowest BCUT2D eigenvalue weighted by atomic mass is 10.2. The third kappa shape index (κ3) is 1.38. The maximum absolute atomic E-state index is 13.5. The molecule has 0 amide bonds. The number of hydrogen-bond donors (Lipinski definition) is 0. The molecule has 0 saturated heterocycles. The summed E-state index contributed by atoms with van der Waals surface area (Å²) in [6, 6.07) is 2.44. The zero-order valence-electron chi connectivity index (χ0n) is 6.69.